The number of hydrogen-bond acceptors (Lipinski definition) is 1. The fraction of sp³-hybridized carbons (Fsp3) is 0.400. The molecule has 1 saturated carbocycles. The van der Waals surface area contributed by atoms with Crippen molar-refractivity contribution in [2.24, 2.45) is 17.3 Å². The number of allylic oxidation sites excluding steroid dienone is 1. The molecule has 1 amide bonds. The summed E-state index contributed by atoms with van der Waals surface area (Å²) in [5, 5.41) is 3.53. The van der Waals surface area contributed by atoms with Gasteiger partial charge in [0.2, 0.25) is 5.91 Å². The van der Waals surface area contributed by atoms with Crippen molar-refractivity contribution in [1.29, 1.82) is 0 Å². The molecule has 5 heteroatoms. The standard InChI is InChI=1S/C15H16Cl3NO/c1-8-4-5-9(6-11(8)16)19-14(20)13-10(7-12(17)18)15(13,2)3/h4-7,10,13H,1-3H3,(H,19,20)/t10-,13-/m1/s1. The Hall–Kier alpha value is -0.700. The molecule has 1 aromatic rings. The van der Waals surface area contributed by atoms with E-state index < -0.39 is 0 Å². The average molecular weight is 333 g/mol. The fourth-order valence-electron chi connectivity index (χ4n) is 2.52. The van der Waals surface area contributed by atoms with E-state index in [-0.39, 0.29) is 27.6 Å². The van der Waals surface area contributed by atoms with Gasteiger partial charge in [-0.05, 0) is 42.0 Å². The van der Waals surface area contributed by atoms with Crippen LogP contribution < -0.4 is 5.32 Å². The molecule has 1 aromatic carbocycles. The highest BCUT2D eigenvalue weighted by molar-refractivity contribution is 6.55. The summed E-state index contributed by atoms with van der Waals surface area (Å²) >= 11 is 17.4. The molecule has 108 valence electrons. The summed E-state index contributed by atoms with van der Waals surface area (Å²) in [6, 6.07) is 5.47. The highest BCUT2D eigenvalue weighted by Crippen LogP contribution is 2.60. The van der Waals surface area contributed by atoms with Gasteiger partial charge in [-0.25, -0.2) is 0 Å². The molecule has 1 fully saturated rings. The molecule has 1 N–H and O–H groups in total. The molecule has 0 radical (unpaired) electrons. The van der Waals surface area contributed by atoms with E-state index in [0.717, 1.165) is 5.56 Å². The molecule has 0 unspecified atom stereocenters. The third kappa shape index (κ3) is 3.13. The van der Waals surface area contributed by atoms with Gasteiger partial charge in [0.1, 0.15) is 4.49 Å². The number of benzene rings is 1. The van der Waals surface area contributed by atoms with Crippen LogP contribution in [0.15, 0.2) is 28.8 Å². The second-order valence-electron chi connectivity index (χ2n) is 5.73. The molecular formula is C15H16Cl3NO. The molecule has 1 aliphatic carbocycles. The monoisotopic (exact) mass is 331 g/mol. The maximum atomic E-state index is 12.3. The summed E-state index contributed by atoms with van der Waals surface area (Å²) in [5.74, 6) is -0.103. The van der Waals surface area contributed by atoms with Gasteiger partial charge in [0, 0.05) is 10.7 Å². The van der Waals surface area contributed by atoms with E-state index in [2.05, 4.69) is 5.32 Å². The first-order valence-corrected chi connectivity index (χ1v) is 7.46. The highest BCUT2D eigenvalue weighted by Gasteiger charge is 2.60. The molecule has 0 aliphatic heterocycles. The van der Waals surface area contributed by atoms with E-state index in [1.807, 2.05) is 32.9 Å². The number of hydrogen-bond donors (Lipinski definition) is 1. The topological polar surface area (TPSA) is 29.1 Å². The smallest absolute Gasteiger partial charge is 0.228 e. The molecule has 2 atom stereocenters. The van der Waals surface area contributed by atoms with E-state index in [1.165, 1.54) is 0 Å². The third-order valence-corrected chi connectivity index (χ3v) is 4.60. The van der Waals surface area contributed by atoms with Crippen LogP contribution >= 0.6 is 34.8 Å². The van der Waals surface area contributed by atoms with Crippen molar-refractivity contribution in [2.75, 3.05) is 5.32 Å². The van der Waals surface area contributed by atoms with Crippen molar-refractivity contribution < 1.29 is 4.79 Å². The predicted molar refractivity (Wildman–Crippen MR) is 85.4 cm³/mol. The van der Waals surface area contributed by atoms with Gasteiger partial charge in [0.25, 0.3) is 0 Å². The maximum Gasteiger partial charge on any atom is 0.228 e. The number of carbonyl (C=O) groups excluding carboxylic acids is 1. The van der Waals surface area contributed by atoms with Crippen LogP contribution in [0.4, 0.5) is 5.69 Å². The van der Waals surface area contributed by atoms with Crippen LogP contribution in [0.3, 0.4) is 0 Å². The summed E-state index contributed by atoms with van der Waals surface area (Å²) in [6.45, 7) is 5.97. The van der Waals surface area contributed by atoms with Crippen molar-refractivity contribution in [3.8, 4) is 0 Å². The first-order chi connectivity index (χ1) is 9.23. The van der Waals surface area contributed by atoms with E-state index in [4.69, 9.17) is 34.8 Å². The van der Waals surface area contributed by atoms with Crippen molar-refractivity contribution in [3.05, 3.63) is 39.4 Å². The summed E-state index contributed by atoms with van der Waals surface area (Å²) < 4.78 is 0.205. The lowest BCUT2D eigenvalue weighted by Crippen LogP contribution is -2.16. The number of nitrogens with one attached hydrogen (secondary N) is 1. The second-order valence-corrected chi connectivity index (χ2v) is 7.15. The minimum Gasteiger partial charge on any atom is -0.326 e. The lowest BCUT2D eigenvalue weighted by molar-refractivity contribution is -0.118. The zero-order valence-electron chi connectivity index (χ0n) is 11.5. The Kier molecular flexibility index (Phi) is 4.38. The maximum absolute atomic E-state index is 12.3. The van der Waals surface area contributed by atoms with Gasteiger partial charge in [-0.3, -0.25) is 4.79 Å². The van der Waals surface area contributed by atoms with Crippen LogP contribution in [0.5, 0.6) is 0 Å². The van der Waals surface area contributed by atoms with E-state index in [9.17, 15) is 4.79 Å². The number of aryl methyl sites for hydroxylation is 1. The first kappa shape index (κ1) is 15.7. The number of amides is 1. The average Bonchev–Trinajstić information content (AvgIpc) is 2.84. The lowest BCUT2D eigenvalue weighted by atomic mass is 10.1. The molecule has 20 heavy (non-hydrogen) atoms. The molecule has 0 spiro atoms. The summed E-state index contributed by atoms with van der Waals surface area (Å²) in [5.41, 5.74) is 1.55. The van der Waals surface area contributed by atoms with Gasteiger partial charge in [-0.1, -0.05) is 54.7 Å². The van der Waals surface area contributed by atoms with Gasteiger partial charge < -0.3 is 5.32 Å². The van der Waals surface area contributed by atoms with Gasteiger partial charge >= 0.3 is 0 Å². The van der Waals surface area contributed by atoms with Crippen molar-refractivity contribution in [3.63, 3.8) is 0 Å². The van der Waals surface area contributed by atoms with Gasteiger partial charge in [-0.15, -0.1) is 0 Å². The normalized spacial score (nSPS) is 23.1. The van der Waals surface area contributed by atoms with Crippen LogP contribution in [0.1, 0.15) is 19.4 Å². The summed E-state index contributed by atoms with van der Waals surface area (Å²) in [4.78, 5) is 12.3. The fourth-order valence-corrected chi connectivity index (χ4v) is 2.97. The van der Waals surface area contributed by atoms with Gasteiger partial charge in [-0.2, -0.15) is 0 Å². The Morgan fingerprint density at radius 1 is 1.35 bits per heavy atom. The van der Waals surface area contributed by atoms with Crippen molar-refractivity contribution in [2.45, 2.75) is 20.8 Å². The number of rotatable bonds is 3. The zero-order chi connectivity index (χ0) is 15.1. The molecule has 0 heterocycles. The summed E-state index contributed by atoms with van der Waals surface area (Å²) in [6.07, 6.45) is 1.73. The van der Waals surface area contributed by atoms with E-state index >= 15 is 0 Å². The Labute approximate surface area is 134 Å². The third-order valence-electron chi connectivity index (χ3n) is 3.94. The first-order valence-electron chi connectivity index (χ1n) is 6.33. The van der Waals surface area contributed by atoms with Crippen LogP contribution in [0.25, 0.3) is 0 Å². The van der Waals surface area contributed by atoms with Crippen LogP contribution in [0.2, 0.25) is 5.02 Å². The van der Waals surface area contributed by atoms with E-state index in [1.54, 1.807) is 12.1 Å². The Bertz CT molecular complexity index is 576. The largest absolute Gasteiger partial charge is 0.326 e. The number of halogens is 3. The second kappa shape index (κ2) is 5.59. The minimum absolute atomic E-state index is 0.0363. The Balaban J connectivity index is 2.10. The predicted octanol–water partition coefficient (Wildman–Crippen LogP) is 5.18. The van der Waals surface area contributed by atoms with Crippen molar-refractivity contribution in [1.82, 2.24) is 0 Å². The van der Waals surface area contributed by atoms with Crippen LogP contribution in [-0.2, 0) is 4.79 Å². The SMILES string of the molecule is Cc1ccc(NC(=O)[C@H]2[C@@H](C=C(Cl)Cl)C2(C)C)cc1Cl. The highest BCUT2D eigenvalue weighted by atomic mass is 35.5. The Morgan fingerprint density at radius 3 is 2.55 bits per heavy atom. The van der Waals surface area contributed by atoms with Crippen LogP contribution in [0, 0.1) is 24.2 Å². The molecule has 2 rings (SSSR count). The lowest BCUT2D eigenvalue weighted by Gasteiger charge is -2.07. The van der Waals surface area contributed by atoms with Gasteiger partial charge in [0.05, 0.1) is 5.92 Å². The molecule has 2 nitrogen and oxygen atoms in total. The number of anilines is 1. The summed E-state index contributed by atoms with van der Waals surface area (Å²) in [7, 11) is 0. The quantitative estimate of drug-likeness (QED) is 0.812. The molecule has 0 bridgehead atoms. The number of carbonyl (C=O) groups is 1. The molecule has 0 saturated heterocycles. The van der Waals surface area contributed by atoms with Crippen LogP contribution in [-0.4, -0.2) is 5.91 Å². The Morgan fingerprint density at radius 2 is 2.00 bits per heavy atom. The van der Waals surface area contributed by atoms with E-state index in [0.29, 0.717) is 10.7 Å². The van der Waals surface area contributed by atoms with Crippen molar-refractivity contribution >= 4 is 46.4 Å². The van der Waals surface area contributed by atoms with Gasteiger partial charge in [0.15, 0.2) is 0 Å². The minimum atomic E-state index is -0.131. The molecule has 1 aliphatic rings. The molecule has 0 aromatic heterocycles. The molecular weight excluding hydrogens is 317 g/mol. The zero-order valence-corrected chi connectivity index (χ0v) is 13.8.